The second kappa shape index (κ2) is 14.0. The minimum atomic E-state index is -0.841. The number of amides is 1. The lowest BCUT2D eigenvalue weighted by molar-refractivity contribution is -0.149. The molecule has 0 spiro atoms. The molecule has 0 aliphatic heterocycles. The molecule has 1 fully saturated rings. The number of nitrogens with one attached hydrogen (secondary N) is 2. The fourth-order valence-electron chi connectivity index (χ4n) is 5.47. The summed E-state index contributed by atoms with van der Waals surface area (Å²) in [5, 5.41) is 6.71. The van der Waals surface area contributed by atoms with E-state index in [1.807, 2.05) is 19.1 Å². The molecule has 2 N–H and O–H groups in total. The predicted molar refractivity (Wildman–Crippen MR) is 151 cm³/mol. The number of carbonyl (C=O) groups is 2. The molecule has 1 saturated carbocycles. The molecular weight excluding hydrogens is 512 g/mol. The van der Waals surface area contributed by atoms with E-state index in [0.29, 0.717) is 36.2 Å². The van der Waals surface area contributed by atoms with Gasteiger partial charge in [0.25, 0.3) is 5.56 Å². The normalized spacial score (nSPS) is 14.8. The minimum Gasteiger partial charge on any atom is -0.464 e. The Hall–Kier alpha value is -3.85. The molecule has 1 aliphatic rings. The van der Waals surface area contributed by atoms with Crippen molar-refractivity contribution in [2.75, 3.05) is 13.2 Å². The van der Waals surface area contributed by atoms with Crippen LogP contribution in [0.5, 0.6) is 0 Å². The van der Waals surface area contributed by atoms with Crippen molar-refractivity contribution in [3.8, 4) is 11.1 Å². The fourth-order valence-corrected chi connectivity index (χ4v) is 5.47. The van der Waals surface area contributed by atoms with Gasteiger partial charge in [-0.05, 0) is 50.2 Å². The molecule has 40 heavy (non-hydrogen) atoms. The van der Waals surface area contributed by atoms with Gasteiger partial charge in [-0.15, -0.1) is 0 Å². The zero-order chi connectivity index (χ0) is 29.3. The Morgan fingerprint density at radius 3 is 2.42 bits per heavy atom. The molecule has 3 rings (SSSR count). The summed E-state index contributed by atoms with van der Waals surface area (Å²) in [6.07, 6.45) is 6.66. The van der Waals surface area contributed by atoms with Gasteiger partial charge >= 0.3 is 11.7 Å². The first-order valence-corrected chi connectivity index (χ1v) is 14.0. The van der Waals surface area contributed by atoms with Crippen LogP contribution in [0.3, 0.4) is 0 Å². The Labute approximate surface area is 234 Å². The van der Waals surface area contributed by atoms with Crippen molar-refractivity contribution in [1.82, 2.24) is 19.4 Å². The third-order valence-electron chi connectivity index (χ3n) is 7.95. The van der Waals surface area contributed by atoms with Crippen molar-refractivity contribution in [2.45, 2.75) is 77.7 Å². The molecule has 11 heteroatoms. The Morgan fingerprint density at radius 2 is 1.80 bits per heavy atom. The molecule has 1 aliphatic carbocycles. The van der Waals surface area contributed by atoms with Crippen LogP contribution in [0.15, 0.2) is 39.0 Å². The minimum absolute atomic E-state index is 0.119. The van der Waals surface area contributed by atoms with E-state index < -0.39 is 17.4 Å². The fraction of sp³-hybridized carbons (Fsp3) is 0.586. The molecule has 0 bridgehead atoms. The molecule has 1 unspecified atom stereocenters. The van der Waals surface area contributed by atoms with Crippen molar-refractivity contribution < 1.29 is 14.3 Å². The Balaban J connectivity index is 1.81. The summed E-state index contributed by atoms with van der Waals surface area (Å²) in [6.45, 7) is 4.39. The van der Waals surface area contributed by atoms with Crippen LogP contribution in [-0.4, -0.2) is 40.2 Å². The van der Waals surface area contributed by atoms with Gasteiger partial charge in [-0.2, -0.15) is 0 Å². The highest BCUT2D eigenvalue weighted by Crippen LogP contribution is 2.42. The first kappa shape index (κ1) is 30.7. The maximum atomic E-state index is 13.6. The standard InChI is InChI=1S/C29H40N6O5/c1-5-18-40-26(37)23(32-27(38)29(14-6-7-15-29)16-8-9-17-31-33-30)19-21-10-12-22(13-11-21)24-20(2)34(3)28(39)35(4)25(24)36/h10-13,23,30H,5-9,14-19H2,1-4H3/p+1. The van der Waals surface area contributed by atoms with Crippen molar-refractivity contribution in [1.29, 1.82) is 5.53 Å². The summed E-state index contributed by atoms with van der Waals surface area (Å²) in [5.74, 6) is -0.586. The Kier molecular flexibility index (Phi) is 10.7. The first-order valence-electron chi connectivity index (χ1n) is 14.0. The maximum absolute atomic E-state index is 13.6. The molecule has 0 saturated heterocycles. The zero-order valence-corrected chi connectivity index (χ0v) is 24.0. The van der Waals surface area contributed by atoms with Gasteiger partial charge in [-0.1, -0.05) is 50.5 Å². The van der Waals surface area contributed by atoms with Gasteiger partial charge in [0.2, 0.25) is 10.8 Å². The smallest absolute Gasteiger partial charge is 0.330 e. The van der Waals surface area contributed by atoms with E-state index in [-0.39, 0.29) is 30.2 Å². The number of aromatic nitrogens is 2. The number of unbranched alkanes of at least 4 members (excludes halogenated alkanes) is 1. The van der Waals surface area contributed by atoms with Crippen LogP contribution in [0.4, 0.5) is 0 Å². The summed E-state index contributed by atoms with van der Waals surface area (Å²) in [4.78, 5) is 54.8. The van der Waals surface area contributed by atoms with Crippen LogP contribution in [0.25, 0.3) is 11.1 Å². The highest BCUT2D eigenvalue weighted by Gasteiger charge is 2.42. The molecule has 1 aromatic heterocycles. The molecule has 0 radical (unpaired) electrons. The van der Waals surface area contributed by atoms with Crippen molar-refractivity contribution >= 4 is 11.9 Å². The van der Waals surface area contributed by atoms with Gasteiger partial charge in [0.1, 0.15) is 23.2 Å². The van der Waals surface area contributed by atoms with E-state index in [4.69, 9.17) is 10.3 Å². The van der Waals surface area contributed by atoms with Crippen LogP contribution in [0.1, 0.15) is 69.5 Å². The Bertz CT molecular complexity index is 1370. The quantitative estimate of drug-likeness (QED) is 0.169. The van der Waals surface area contributed by atoms with Crippen molar-refractivity contribution in [3.05, 3.63) is 56.4 Å². The highest BCUT2D eigenvalue weighted by molar-refractivity contribution is 5.88. The van der Waals surface area contributed by atoms with E-state index in [0.717, 1.165) is 48.7 Å². The van der Waals surface area contributed by atoms with Gasteiger partial charge in [-0.25, -0.2) is 9.59 Å². The van der Waals surface area contributed by atoms with E-state index in [9.17, 15) is 19.2 Å². The average Bonchev–Trinajstić information content (AvgIpc) is 3.44. The van der Waals surface area contributed by atoms with Crippen LogP contribution < -0.4 is 21.5 Å². The SMILES string of the molecule is CCCOC(=O)C(Cc1ccc(-c2c(C)n(C)c(=O)n(C)c2=O)cc1)NC(=O)C1(CCCCN=[N+]=N)CCCC1. The van der Waals surface area contributed by atoms with Crippen molar-refractivity contribution in [3.63, 3.8) is 0 Å². The average molecular weight is 554 g/mol. The molecule has 1 atom stereocenters. The number of benzene rings is 1. The lowest BCUT2D eigenvalue weighted by Gasteiger charge is -2.30. The van der Waals surface area contributed by atoms with Gasteiger partial charge < -0.3 is 14.6 Å². The summed E-state index contributed by atoms with van der Waals surface area (Å²) in [5.41, 5.74) is 8.00. The van der Waals surface area contributed by atoms with Gasteiger partial charge in [0, 0.05) is 31.6 Å². The van der Waals surface area contributed by atoms with Crippen LogP contribution >= 0.6 is 0 Å². The lowest BCUT2D eigenvalue weighted by atomic mass is 9.79. The number of hydrogen-bond donors (Lipinski definition) is 2. The molecule has 216 valence electrons. The summed E-state index contributed by atoms with van der Waals surface area (Å²) < 4.78 is 7.97. The summed E-state index contributed by atoms with van der Waals surface area (Å²) in [6, 6.07) is 6.42. The number of nitrogens with zero attached hydrogens (tertiary/aromatic N) is 4. The van der Waals surface area contributed by atoms with Gasteiger partial charge in [0.15, 0.2) is 0 Å². The molecule has 1 heterocycles. The third-order valence-corrected chi connectivity index (χ3v) is 7.95. The predicted octanol–water partition coefficient (Wildman–Crippen LogP) is 3.32. The highest BCUT2D eigenvalue weighted by atomic mass is 16.5. The second-order valence-electron chi connectivity index (χ2n) is 10.7. The first-order chi connectivity index (χ1) is 19.1. The van der Waals surface area contributed by atoms with Crippen LogP contribution in [-0.2, 0) is 34.8 Å². The van der Waals surface area contributed by atoms with E-state index in [2.05, 4.69) is 15.3 Å². The topological polar surface area (TPSA) is 150 Å². The Morgan fingerprint density at radius 1 is 1.12 bits per heavy atom. The van der Waals surface area contributed by atoms with Gasteiger partial charge in [-0.3, -0.25) is 14.2 Å². The molecular formula is C29H41N6O5+. The summed E-state index contributed by atoms with van der Waals surface area (Å²) in [7, 11) is 3.08. The van der Waals surface area contributed by atoms with Gasteiger partial charge in [0.05, 0.1) is 12.2 Å². The largest absolute Gasteiger partial charge is 0.464 e. The van der Waals surface area contributed by atoms with Crippen LogP contribution in [0.2, 0.25) is 0 Å². The van der Waals surface area contributed by atoms with E-state index >= 15 is 0 Å². The monoisotopic (exact) mass is 553 g/mol. The maximum Gasteiger partial charge on any atom is 0.330 e. The summed E-state index contributed by atoms with van der Waals surface area (Å²) >= 11 is 0. The van der Waals surface area contributed by atoms with Crippen LogP contribution in [0, 0.1) is 17.9 Å². The molecule has 2 aromatic rings. The van der Waals surface area contributed by atoms with E-state index in [1.165, 1.54) is 11.6 Å². The van der Waals surface area contributed by atoms with Crippen molar-refractivity contribution in [2.24, 2.45) is 24.6 Å². The zero-order valence-electron chi connectivity index (χ0n) is 24.0. The number of ether oxygens (including phenoxy) is 1. The number of carbonyl (C=O) groups excluding carboxylic acids is 2. The number of rotatable bonds is 13. The lowest BCUT2D eigenvalue weighted by Crippen LogP contribution is -2.49. The molecule has 1 amide bonds. The number of esters is 1. The molecule has 1 aromatic carbocycles. The third kappa shape index (κ3) is 7.01. The molecule has 11 nitrogen and oxygen atoms in total. The van der Waals surface area contributed by atoms with E-state index in [1.54, 1.807) is 26.1 Å². The second-order valence-corrected chi connectivity index (χ2v) is 10.7. The number of hydrogen-bond acceptors (Lipinski definition) is 7.